The van der Waals surface area contributed by atoms with Crippen LogP contribution in [0.3, 0.4) is 0 Å². The molecule has 0 radical (unpaired) electrons. The molecule has 6 nitrogen and oxygen atoms in total. The van der Waals surface area contributed by atoms with Crippen LogP contribution in [0.15, 0.2) is 12.1 Å². The summed E-state index contributed by atoms with van der Waals surface area (Å²) in [5, 5.41) is 30.1. The molecule has 1 heterocycles. The first-order valence-corrected chi connectivity index (χ1v) is 6.42. The number of hydrogen-bond donors (Lipinski definition) is 3. The molecule has 1 aliphatic carbocycles. The molecule has 0 bridgehead atoms. The Balaban J connectivity index is 2.25. The molecule has 1 spiro atoms. The Morgan fingerprint density at radius 2 is 2.10 bits per heavy atom. The van der Waals surface area contributed by atoms with Gasteiger partial charge >= 0.3 is 5.97 Å². The molecular formula is C14H16O6. The molecule has 1 aliphatic heterocycles. The van der Waals surface area contributed by atoms with Crippen molar-refractivity contribution in [3.8, 4) is 11.5 Å². The first-order chi connectivity index (χ1) is 9.41. The molecule has 1 aromatic carbocycles. The fourth-order valence-electron chi connectivity index (χ4n) is 3.33. The van der Waals surface area contributed by atoms with Gasteiger partial charge in [0.15, 0.2) is 5.60 Å². The van der Waals surface area contributed by atoms with E-state index in [4.69, 9.17) is 9.47 Å². The highest BCUT2D eigenvalue weighted by atomic mass is 16.6. The molecule has 0 unspecified atom stereocenters. The summed E-state index contributed by atoms with van der Waals surface area (Å²) in [7, 11) is 1.44. The largest absolute Gasteiger partial charge is 0.507 e. The Bertz CT molecular complexity index is 583. The van der Waals surface area contributed by atoms with Crippen LogP contribution in [0.2, 0.25) is 0 Å². The number of carbonyl (C=O) groups excluding carboxylic acids is 1. The summed E-state index contributed by atoms with van der Waals surface area (Å²) in [5.74, 6) is -0.855. The van der Waals surface area contributed by atoms with Crippen LogP contribution >= 0.6 is 0 Å². The van der Waals surface area contributed by atoms with Crippen LogP contribution in [0, 0.1) is 5.92 Å². The van der Waals surface area contributed by atoms with Crippen LogP contribution in [-0.2, 0) is 10.3 Å². The average molecular weight is 280 g/mol. The van der Waals surface area contributed by atoms with Crippen molar-refractivity contribution in [2.24, 2.45) is 5.92 Å². The van der Waals surface area contributed by atoms with Crippen LogP contribution in [0.1, 0.15) is 29.3 Å². The maximum Gasteiger partial charge on any atom is 0.343 e. The molecule has 0 saturated heterocycles. The first-order valence-electron chi connectivity index (χ1n) is 6.42. The Morgan fingerprint density at radius 3 is 2.65 bits per heavy atom. The SMILES string of the molecule is COc1cc(O)c2c(c1)[C@]1(OC2=O)[C@H](O)[C@@H](O)C[C@@H]1C. The van der Waals surface area contributed by atoms with E-state index in [9.17, 15) is 20.1 Å². The van der Waals surface area contributed by atoms with Gasteiger partial charge < -0.3 is 24.8 Å². The van der Waals surface area contributed by atoms with Gasteiger partial charge in [-0.2, -0.15) is 0 Å². The van der Waals surface area contributed by atoms with E-state index in [-0.39, 0.29) is 17.2 Å². The monoisotopic (exact) mass is 280 g/mol. The van der Waals surface area contributed by atoms with Crippen molar-refractivity contribution in [1.29, 1.82) is 0 Å². The Morgan fingerprint density at radius 1 is 1.40 bits per heavy atom. The Kier molecular flexibility index (Phi) is 2.71. The molecule has 3 N–H and O–H groups in total. The predicted molar refractivity (Wildman–Crippen MR) is 67.5 cm³/mol. The molecule has 20 heavy (non-hydrogen) atoms. The second-order valence-corrected chi connectivity index (χ2v) is 5.40. The van der Waals surface area contributed by atoms with Gasteiger partial charge in [0, 0.05) is 17.5 Å². The number of aliphatic hydroxyl groups is 2. The minimum absolute atomic E-state index is 0.0331. The third kappa shape index (κ3) is 1.43. The number of hydrogen-bond acceptors (Lipinski definition) is 6. The summed E-state index contributed by atoms with van der Waals surface area (Å²) < 4.78 is 10.5. The van der Waals surface area contributed by atoms with E-state index in [0.717, 1.165) is 0 Å². The third-order valence-corrected chi connectivity index (χ3v) is 4.34. The summed E-state index contributed by atoms with van der Waals surface area (Å²) in [4.78, 5) is 12.0. The van der Waals surface area contributed by atoms with E-state index in [2.05, 4.69) is 0 Å². The zero-order valence-corrected chi connectivity index (χ0v) is 11.2. The van der Waals surface area contributed by atoms with E-state index < -0.39 is 23.8 Å². The lowest BCUT2D eigenvalue weighted by Crippen LogP contribution is -2.42. The van der Waals surface area contributed by atoms with Crippen molar-refractivity contribution in [1.82, 2.24) is 0 Å². The smallest absolute Gasteiger partial charge is 0.343 e. The number of methoxy groups -OCH3 is 1. The van der Waals surface area contributed by atoms with Crippen LogP contribution in [-0.4, -0.2) is 40.6 Å². The van der Waals surface area contributed by atoms with Gasteiger partial charge in [-0.25, -0.2) is 4.79 Å². The zero-order valence-electron chi connectivity index (χ0n) is 11.2. The number of fused-ring (bicyclic) bond motifs is 2. The van der Waals surface area contributed by atoms with Crippen LogP contribution in [0.25, 0.3) is 0 Å². The van der Waals surface area contributed by atoms with Gasteiger partial charge in [0.25, 0.3) is 0 Å². The van der Waals surface area contributed by atoms with Gasteiger partial charge in [-0.3, -0.25) is 0 Å². The average Bonchev–Trinajstić information content (AvgIpc) is 2.81. The van der Waals surface area contributed by atoms with Crippen molar-refractivity contribution < 1.29 is 29.6 Å². The van der Waals surface area contributed by atoms with E-state index >= 15 is 0 Å². The highest BCUT2D eigenvalue weighted by Gasteiger charge is 2.61. The Hall–Kier alpha value is -1.79. The maximum absolute atomic E-state index is 12.0. The molecule has 6 heteroatoms. The van der Waals surface area contributed by atoms with Gasteiger partial charge in [-0.15, -0.1) is 0 Å². The van der Waals surface area contributed by atoms with E-state index in [1.54, 1.807) is 13.0 Å². The molecule has 4 atom stereocenters. The number of ether oxygens (including phenoxy) is 2. The van der Waals surface area contributed by atoms with Crippen LogP contribution in [0.5, 0.6) is 11.5 Å². The molecule has 3 rings (SSSR count). The second kappa shape index (κ2) is 4.10. The molecular weight excluding hydrogens is 264 g/mol. The van der Waals surface area contributed by atoms with Gasteiger partial charge in [0.2, 0.25) is 0 Å². The number of rotatable bonds is 1. The standard InChI is InChI=1S/C14H16O6/c1-6-3-10(16)12(17)14(6)8-4-7(19-2)5-9(15)11(8)13(18)20-14/h4-6,10,12,15-17H,3H2,1-2H3/t6-,10-,12+,14-/m0/s1. The highest BCUT2D eigenvalue weighted by molar-refractivity contribution is 5.98. The first kappa shape index (κ1) is 13.2. The highest BCUT2D eigenvalue weighted by Crippen LogP contribution is 2.54. The van der Waals surface area contributed by atoms with E-state index in [0.29, 0.717) is 17.7 Å². The number of benzene rings is 1. The maximum atomic E-state index is 12.0. The minimum atomic E-state index is -1.32. The quantitative estimate of drug-likeness (QED) is 0.649. The topological polar surface area (TPSA) is 96.2 Å². The lowest BCUT2D eigenvalue weighted by atomic mass is 9.82. The van der Waals surface area contributed by atoms with Crippen molar-refractivity contribution in [2.75, 3.05) is 7.11 Å². The molecule has 1 saturated carbocycles. The fourth-order valence-corrected chi connectivity index (χ4v) is 3.33. The van der Waals surface area contributed by atoms with E-state index in [1.165, 1.54) is 13.2 Å². The third-order valence-electron chi connectivity index (χ3n) is 4.34. The lowest BCUT2D eigenvalue weighted by molar-refractivity contribution is -0.107. The lowest BCUT2D eigenvalue weighted by Gasteiger charge is -2.32. The summed E-state index contributed by atoms with van der Waals surface area (Å²) >= 11 is 0. The minimum Gasteiger partial charge on any atom is -0.507 e. The fraction of sp³-hybridized carbons (Fsp3) is 0.500. The molecule has 1 aromatic rings. The molecule has 0 amide bonds. The van der Waals surface area contributed by atoms with Crippen molar-refractivity contribution in [3.05, 3.63) is 23.3 Å². The number of aliphatic hydroxyl groups excluding tert-OH is 2. The summed E-state index contributed by atoms with van der Waals surface area (Å²) in [6.45, 7) is 1.79. The molecule has 108 valence electrons. The van der Waals surface area contributed by atoms with Crippen LogP contribution in [0.4, 0.5) is 0 Å². The number of phenols is 1. The predicted octanol–water partition coefficient (Wildman–Crippen LogP) is 0.528. The normalized spacial score (nSPS) is 35.2. The number of aromatic hydroxyl groups is 1. The molecule has 2 aliphatic rings. The summed E-state index contributed by atoms with van der Waals surface area (Å²) in [6.07, 6.45) is -1.89. The number of esters is 1. The number of phenolic OH excluding ortho intramolecular Hbond substituents is 1. The summed E-state index contributed by atoms with van der Waals surface area (Å²) in [5.41, 5.74) is -0.917. The van der Waals surface area contributed by atoms with Crippen molar-refractivity contribution in [3.63, 3.8) is 0 Å². The van der Waals surface area contributed by atoms with Crippen molar-refractivity contribution >= 4 is 5.97 Å². The Labute approximate surface area is 115 Å². The van der Waals surface area contributed by atoms with Crippen LogP contribution < -0.4 is 4.74 Å². The van der Waals surface area contributed by atoms with Gasteiger partial charge in [-0.05, 0) is 12.5 Å². The van der Waals surface area contributed by atoms with Crippen molar-refractivity contribution in [2.45, 2.75) is 31.2 Å². The van der Waals surface area contributed by atoms with Gasteiger partial charge in [0.05, 0.1) is 13.2 Å². The molecule has 0 aromatic heterocycles. The second-order valence-electron chi connectivity index (χ2n) is 5.40. The van der Waals surface area contributed by atoms with E-state index in [1.807, 2.05) is 0 Å². The number of carbonyl (C=O) groups is 1. The zero-order chi connectivity index (χ0) is 14.7. The van der Waals surface area contributed by atoms with Gasteiger partial charge in [0.1, 0.15) is 23.2 Å². The molecule has 1 fully saturated rings. The summed E-state index contributed by atoms with van der Waals surface area (Å²) in [6, 6.07) is 2.89. The van der Waals surface area contributed by atoms with Gasteiger partial charge in [-0.1, -0.05) is 6.92 Å².